The molecule has 1 fully saturated rings. The Morgan fingerprint density at radius 3 is 2.38 bits per heavy atom. The molecule has 2 rings (SSSR count). The van der Waals surface area contributed by atoms with Gasteiger partial charge in [-0.05, 0) is 25.0 Å². The highest BCUT2D eigenvalue weighted by atomic mass is 16.6. The summed E-state index contributed by atoms with van der Waals surface area (Å²) in [6.07, 6.45) is 7.77. The quantitative estimate of drug-likeness (QED) is 0.650. The highest BCUT2D eigenvalue weighted by Gasteiger charge is 2.25. The molecule has 1 aromatic carbocycles. The zero-order valence-corrected chi connectivity index (χ0v) is 11.9. The van der Waals surface area contributed by atoms with Crippen LogP contribution in [0.5, 0.6) is 0 Å². The van der Waals surface area contributed by atoms with Crippen LogP contribution in [0.3, 0.4) is 0 Å². The molecule has 0 atom stereocenters. The zero-order valence-electron chi connectivity index (χ0n) is 11.9. The molecule has 0 aliphatic heterocycles. The number of nitro benzene ring substituents is 1. The van der Waals surface area contributed by atoms with Crippen molar-refractivity contribution in [2.75, 3.05) is 5.32 Å². The summed E-state index contributed by atoms with van der Waals surface area (Å²) in [5.41, 5.74) is -0.298. The molecular formula is C15H20N2O4. The number of para-hydroxylation sites is 1. The molecular weight excluding hydrogens is 272 g/mol. The van der Waals surface area contributed by atoms with E-state index in [9.17, 15) is 14.9 Å². The van der Waals surface area contributed by atoms with E-state index >= 15 is 0 Å². The normalized spacial score (nSPS) is 16.8. The van der Waals surface area contributed by atoms with Crippen molar-refractivity contribution in [1.82, 2.24) is 0 Å². The molecule has 0 bridgehead atoms. The summed E-state index contributed by atoms with van der Waals surface area (Å²) in [5, 5.41) is 23.5. The van der Waals surface area contributed by atoms with Gasteiger partial charge in [0.05, 0.1) is 4.92 Å². The van der Waals surface area contributed by atoms with Crippen molar-refractivity contribution in [3.63, 3.8) is 0 Å². The maximum absolute atomic E-state index is 11.2. The summed E-state index contributed by atoms with van der Waals surface area (Å²) >= 11 is 0. The summed E-state index contributed by atoms with van der Waals surface area (Å²) in [4.78, 5) is 21.7. The Bertz CT molecular complexity index is 522. The number of hydrogen-bond acceptors (Lipinski definition) is 4. The molecule has 0 heterocycles. The van der Waals surface area contributed by atoms with E-state index in [4.69, 9.17) is 5.11 Å². The van der Waals surface area contributed by atoms with Gasteiger partial charge in [-0.15, -0.1) is 0 Å². The first kappa shape index (κ1) is 15.3. The van der Waals surface area contributed by atoms with Crippen LogP contribution >= 0.6 is 0 Å². The van der Waals surface area contributed by atoms with Gasteiger partial charge in [-0.2, -0.15) is 0 Å². The maximum Gasteiger partial charge on any atom is 0.342 e. The lowest BCUT2D eigenvalue weighted by atomic mass is 9.96. The predicted octanol–water partition coefficient (Wildman–Crippen LogP) is 3.82. The molecule has 0 spiro atoms. The summed E-state index contributed by atoms with van der Waals surface area (Å²) in [5.74, 6) is -1.27. The van der Waals surface area contributed by atoms with Gasteiger partial charge in [0.2, 0.25) is 0 Å². The van der Waals surface area contributed by atoms with Crippen molar-refractivity contribution in [1.29, 1.82) is 0 Å². The topological polar surface area (TPSA) is 92.5 Å². The van der Waals surface area contributed by atoms with Gasteiger partial charge < -0.3 is 10.4 Å². The van der Waals surface area contributed by atoms with Crippen molar-refractivity contribution < 1.29 is 14.8 Å². The average Bonchev–Trinajstić information content (AvgIpc) is 2.41. The van der Waals surface area contributed by atoms with Crippen LogP contribution in [0.1, 0.15) is 55.3 Å². The summed E-state index contributed by atoms with van der Waals surface area (Å²) in [7, 11) is 0. The first-order chi connectivity index (χ1) is 10.1. The third kappa shape index (κ3) is 3.93. The largest absolute Gasteiger partial charge is 0.477 e. The summed E-state index contributed by atoms with van der Waals surface area (Å²) < 4.78 is 0. The Labute approximate surface area is 123 Å². The van der Waals surface area contributed by atoms with Crippen molar-refractivity contribution >= 4 is 17.3 Å². The Morgan fingerprint density at radius 1 is 1.19 bits per heavy atom. The number of carbonyl (C=O) groups is 1. The standard InChI is InChI=1S/C15H20N2O4/c18-15(19)12-9-6-10-13(14(12)17(20)21)16-11-7-4-2-1-3-5-8-11/h6,9-11,16H,1-5,7-8H2,(H,18,19). The molecule has 6 heteroatoms. The van der Waals surface area contributed by atoms with Crippen LogP contribution < -0.4 is 5.32 Å². The van der Waals surface area contributed by atoms with Crippen LogP contribution in [0.25, 0.3) is 0 Å². The number of anilines is 1. The van der Waals surface area contributed by atoms with E-state index in [1.165, 1.54) is 25.3 Å². The number of nitrogens with zero attached hydrogens (tertiary/aromatic N) is 1. The highest BCUT2D eigenvalue weighted by Crippen LogP contribution is 2.31. The van der Waals surface area contributed by atoms with Gasteiger partial charge >= 0.3 is 11.7 Å². The molecule has 0 aromatic heterocycles. The summed E-state index contributed by atoms with van der Waals surface area (Å²) in [6.45, 7) is 0. The predicted molar refractivity (Wildman–Crippen MR) is 79.8 cm³/mol. The SMILES string of the molecule is O=C(O)c1cccc(NC2CCCCCCC2)c1[N+](=O)[O-]. The van der Waals surface area contributed by atoms with Gasteiger partial charge in [-0.1, -0.05) is 38.2 Å². The van der Waals surface area contributed by atoms with Crippen molar-refractivity contribution in [2.45, 2.75) is 51.0 Å². The van der Waals surface area contributed by atoms with Crippen LogP contribution in [0.4, 0.5) is 11.4 Å². The number of nitrogens with one attached hydrogen (secondary N) is 1. The number of carboxylic acids is 1. The van der Waals surface area contributed by atoms with Gasteiger partial charge in [0.15, 0.2) is 0 Å². The van der Waals surface area contributed by atoms with Crippen LogP contribution in [-0.2, 0) is 0 Å². The molecule has 2 N–H and O–H groups in total. The smallest absolute Gasteiger partial charge is 0.342 e. The third-order valence-electron chi connectivity index (χ3n) is 3.91. The number of benzene rings is 1. The molecule has 0 unspecified atom stereocenters. The number of hydrogen-bond donors (Lipinski definition) is 2. The van der Waals surface area contributed by atoms with Crippen molar-refractivity contribution in [2.24, 2.45) is 0 Å². The maximum atomic E-state index is 11.2. The second kappa shape index (κ2) is 7.06. The molecule has 0 saturated heterocycles. The van der Waals surface area contributed by atoms with Crippen LogP contribution in [0.2, 0.25) is 0 Å². The second-order valence-corrected chi connectivity index (χ2v) is 5.45. The minimum atomic E-state index is -1.27. The highest BCUT2D eigenvalue weighted by molar-refractivity contribution is 5.95. The van der Waals surface area contributed by atoms with E-state index in [1.807, 2.05) is 0 Å². The number of rotatable bonds is 4. The van der Waals surface area contributed by atoms with E-state index in [1.54, 1.807) is 12.1 Å². The Morgan fingerprint density at radius 2 is 1.81 bits per heavy atom. The lowest BCUT2D eigenvalue weighted by Gasteiger charge is -2.22. The first-order valence-electron chi connectivity index (χ1n) is 7.37. The number of aromatic carboxylic acids is 1. The van der Waals surface area contributed by atoms with Gasteiger partial charge in [0.1, 0.15) is 11.3 Å². The Hall–Kier alpha value is -2.11. The molecule has 1 aliphatic rings. The lowest BCUT2D eigenvalue weighted by molar-refractivity contribution is -0.384. The fourth-order valence-corrected chi connectivity index (χ4v) is 2.85. The van der Waals surface area contributed by atoms with E-state index in [2.05, 4.69) is 5.32 Å². The van der Waals surface area contributed by atoms with E-state index in [0.717, 1.165) is 25.7 Å². The van der Waals surface area contributed by atoms with Gasteiger partial charge in [-0.3, -0.25) is 10.1 Å². The third-order valence-corrected chi connectivity index (χ3v) is 3.91. The minimum Gasteiger partial charge on any atom is -0.477 e. The number of carboxylic acid groups (broad SMARTS) is 1. The molecule has 0 radical (unpaired) electrons. The van der Waals surface area contributed by atoms with E-state index in [0.29, 0.717) is 5.69 Å². The van der Waals surface area contributed by atoms with Gasteiger partial charge in [-0.25, -0.2) is 4.79 Å². The molecule has 1 aliphatic carbocycles. The summed E-state index contributed by atoms with van der Waals surface area (Å²) in [6, 6.07) is 4.57. The minimum absolute atomic E-state index is 0.174. The van der Waals surface area contributed by atoms with Crippen LogP contribution in [0.15, 0.2) is 18.2 Å². The second-order valence-electron chi connectivity index (χ2n) is 5.45. The van der Waals surface area contributed by atoms with Crippen LogP contribution in [0, 0.1) is 10.1 Å². The Kier molecular flexibility index (Phi) is 5.14. The lowest BCUT2D eigenvalue weighted by Crippen LogP contribution is -2.21. The van der Waals surface area contributed by atoms with Crippen LogP contribution in [-0.4, -0.2) is 22.0 Å². The molecule has 114 valence electrons. The Balaban J connectivity index is 2.23. The van der Waals surface area contributed by atoms with Gasteiger partial charge in [0, 0.05) is 6.04 Å². The van der Waals surface area contributed by atoms with Gasteiger partial charge in [0.25, 0.3) is 0 Å². The zero-order chi connectivity index (χ0) is 15.2. The monoisotopic (exact) mass is 292 g/mol. The fraction of sp³-hybridized carbons (Fsp3) is 0.533. The van der Waals surface area contributed by atoms with Crippen molar-refractivity contribution in [3.8, 4) is 0 Å². The molecule has 21 heavy (non-hydrogen) atoms. The number of nitro groups is 1. The first-order valence-corrected chi connectivity index (χ1v) is 7.37. The van der Waals surface area contributed by atoms with Crippen molar-refractivity contribution in [3.05, 3.63) is 33.9 Å². The van der Waals surface area contributed by atoms with E-state index < -0.39 is 10.9 Å². The molecule has 6 nitrogen and oxygen atoms in total. The van der Waals surface area contributed by atoms with E-state index in [-0.39, 0.29) is 17.3 Å². The average molecular weight is 292 g/mol. The molecule has 0 amide bonds. The molecule has 1 aromatic rings. The fourth-order valence-electron chi connectivity index (χ4n) is 2.85. The molecule has 1 saturated carbocycles.